The smallest absolute Gasteiger partial charge is 0.164 e. The molecule has 4 aromatic rings. The van der Waals surface area contributed by atoms with Crippen LogP contribution in [0.3, 0.4) is 0 Å². The van der Waals surface area contributed by atoms with Crippen LogP contribution < -0.4 is 0 Å². The van der Waals surface area contributed by atoms with E-state index in [0.717, 1.165) is 16.8 Å². The van der Waals surface area contributed by atoms with Gasteiger partial charge in [-0.15, -0.1) is 0 Å². The van der Waals surface area contributed by atoms with Gasteiger partial charge < -0.3 is 0 Å². The minimum Gasteiger partial charge on any atom is -0.283 e. The molecule has 17 heavy (non-hydrogen) atoms. The predicted molar refractivity (Wildman–Crippen MR) is 68.0 cm³/mol. The SMILES string of the molecule is c1ccc2cn3c(cc2c1)nc1cccnc13. The van der Waals surface area contributed by atoms with E-state index in [1.54, 1.807) is 6.20 Å². The van der Waals surface area contributed by atoms with Gasteiger partial charge in [-0.3, -0.25) is 4.40 Å². The number of aromatic nitrogens is 3. The summed E-state index contributed by atoms with van der Waals surface area (Å²) in [5.74, 6) is 0. The average Bonchev–Trinajstić information content (AvgIpc) is 2.73. The second kappa shape index (κ2) is 3.04. The lowest BCUT2D eigenvalue weighted by molar-refractivity contribution is 1.20. The van der Waals surface area contributed by atoms with E-state index in [9.17, 15) is 0 Å². The monoisotopic (exact) mass is 219 g/mol. The van der Waals surface area contributed by atoms with Crippen molar-refractivity contribution >= 4 is 27.6 Å². The highest BCUT2D eigenvalue weighted by atomic mass is 15.1. The minimum atomic E-state index is 0.910. The van der Waals surface area contributed by atoms with E-state index < -0.39 is 0 Å². The second-order valence-corrected chi connectivity index (χ2v) is 4.09. The summed E-state index contributed by atoms with van der Waals surface area (Å²) in [5.41, 5.74) is 2.79. The van der Waals surface area contributed by atoms with E-state index in [1.807, 2.05) is 28.7 Å². The molecule has 0 bridgehead atoms. The zero-order valence-electron chi connectivity index (χ0n) is 9.04. The Morgan fingerprint density at radius 1 is 0.941 bits per heavy atom. The minimum absolute atomic E-state index is 0.910. The predicted octanol–water partition coefficient (Wildman–Crippen LogP) is 3.04. The Balaban J connectivity index is 2.28. The fourth-order valence-electron chi connectivity index (χ4n) is 2.21. The standard InChI is InChI=1S/C14H9N3/c1-2-5-11-9-17-13(8-10(11)4-1)16-12-6-3-7-15-14(12)17/h1-9H. The highest BCUT2D eigenvalue weighted by molar-refractivity contribution is 5.88. The van der Waals surface area contributed by atoms with Gasteiger partial charge in [0.05, 0.1) is 0 Å². The van der Waals surface area contributed by atoms with E-state index in [0.29, 0.717) is 0 Å². The first-order valence-corrected chi connectivity index (χ1v) is 5.53. The number of pyridine rings is 2. The van der Waals surface area contributed by atoms with Crippen molar-refractivity contribution < 1.29 is 0 Å². The Morgan fingerprint density at radius 3 is 2.76 bits per heavy atom. The topological polar surface area (TPSA) is 30.2 Å². The maximum absolute atomic E-state index is 4.57. The lowest BCUT2D eigenvalue weighted by atomic mass is 10.2. The van der Waals surface area contributed by atoms with Crippen LogP contribution in [-0.2, 0) is 0 Å². The van der Waals surface area contributed by atoms with Crippen LogP contribution in [0.4, 0.5) is 0 Å². The first kappa shape index (κ1) is 8.70. The van der Waals surface area contributed by atoms with Crippen LogP contribution in [0.5, 0.6) is 0 Å². The summed E-state index contributed by atoms with van der Waals surface area (Å²) in [5, 5.41) is 2.40. The molecule has 1 aromatic carbocycles. The molecular weight excluding hydrogens is 210 g/mol. The molecule has 0 aliphatic heterocycles. The fourth-order valence-corrected chi connectivity index (χ4v) is 2.21. The van der Waals surface area contributed by atoms with Crippen molar-refractivity contribution in [2.45, 2.75) is 0 Å². The second-order valence-electron chi connectivity index (χ2n) is 4.09. The molecule has 0 unspecified atom stereocenters. The average molecular weight is 219 g/mol. The molecule has 0 fully saturated rings. The van der Waals surface area contributed by atoms with E-state index in [4.69, 9.17) is 0 Å². The molecule has 3 aromatic heterocycles. The normalized spacial score (nSPS) is 11.5. The van der Waals surface area contributed by atoms with Gasteiger partial charge in [-0.2, -0.15) is 0 Å². The van der Waals surface area contributed by atoms with E-state index in [-0.39, 0.29) is 0 Å². The number of fused-ring (bicyclic) bond motifs is 4. The molecule has 3 nitrogen and oxygen atoms in total. The van der Waals surface area contributed by atoms with Gasteiger partial charge in [0.2, 0.25) is 0 Å². The third kappa shape index (κ3) is 1.16. The summed E-state index contributed by atoms with van der Waals surface area (Å²) in [6, 6.07) is 14.3. The van der Waals surface area contributed by atoms with Crippen molar-refractivity contribution in [3.05, 3.63) is 54.9 Å². The zero-order chi connectivity index (χ0) is 11.2. The Kier molecular flexibility index (Phi) is 1.56. The number of hydrogen-bond donors (Lipinski definition) is 0. The fraction of sp³-hybridized carbons (Fsp3) is 0. The quantitative estimate of drug-likeness (QED) is 0.455. The summed E-state index contributed by atoms with van der Waals surface area (Å²) < 4.78 is 2.04. The molecule has 0 aliphatic rings. The van der Waals surface area contributed by atoms with Crippen LogP contribution in [0.2, 0.25) is 0 Å². The third-order valence-corrected chi connectivity index (χ3v) is 3.02. The summed E-state index contributed by atoms with van der Waals surface area (Å²) in [7, 11) is 0. The first-order chi connectivity index (χ1) is 8.42. The van der Waals surface area contributed by atoms with Crippen LogP contribution in [-0.4, -0.2) is 14.4 Å². The van der Waals surface area contributed by atoms with Crippen molar-refractivity contribution in [2.75, 3.05) is 0 Å². The highest BCUT2D eigenvalue weighted by Crippen LogP contribution is 2.20. The van der Waals surface area contributed by atoms with Crippen molar-refractivity contribution in [2.24, 2.45) is 0 Å². The Labute approximate surface area is 97.4 Å². The van der Waals surface area contributed by atoms with Gasteiger partial charge in [-0.05, 0) is 29.0 Å². The van der Waals surface area contributed by atoms with E-state index in [1.165, 1.54) is 10.8 Å². The molecule has 0 saturated heterocycles. The van der Waals surface area contributed by atoms with Crippen LogP contribution in [0.15, 0.2) is 54.9 Å². The number of benzene rings is 1. The Morgan fingerprint density at radius 2 is 1.82 bits per heavy atom. The van der Waals surface area contributed by atoms with Crippen molar-refractivity contribution in [1.82, 2.24) is 14.4 Å². The molecule has 3 heteroatoms. The van der Waals surface area contributed by atoms with Gasteiger partial charge in [-0.1, -0.05) is 24.3 Å². The van der Waals surface area contributed by atoms with Crippen LogP contribution in [0.25, 0.3) is 27.6 Å². The summed E-state index contributed by atoms with van der Waals surface area (Å²) >= 11 is 0. The maximum atomic E-state index is 4.57. The number of imidazole rings is 1. The van der Waals surface area contributed by atoms with Gasteiger partial charge in [-0.25, -0.2) is 9.97 Å². The summed E-state index contributed by atoms with van der Waals surface area (Å²) in [6.07, 6.45) is 3.89. The molecule has 0 atom stereocenters. The lowest BCUT2D eigenvalue weighted by Crippen LogP contribution is -1.86. The summed E-state index contributed by atoms with van der Waals surface area (Å²) in [4.78, 5) is 8.94. The molecule has 0 radical (unpaired) electrons. The van der Waals surface area contributed by atoms with Gasteiger partial charge in [0.1, 0.15) is 11.2 Å². The molecule has 3 heterocycles. The molecular formula is C14H9N3. The first-order valence-electron chi connectivity index (χ1n) is 5.53. The lowest BCUT2D eigenvalue weighted by Gasteiger charge is -1.99. The highest BCUT2D eigenvalue weighted by Gasteiger charge is 2.05. The number of nitrogens with zero attached hydrogens (tertiary/aromatic N) is 3. The number of hydrogen-bond acceptors (Lipinski definition) is 2. The molecule has 4 rings (SSSR count). The Bertz CT molecular complexity index is 840. The Hall–Kier alpha value is -2.42. The molecule has 0 N–H and O–H groups in total. The molecule has 0 amide bonds. The van der Waals surface area contributed by atoms with Crippen molar-refractivity contribution in [3.63, 3.8) is 0 Å². The van der Waals surface area contributed by atoms with E-state index >= 15 is 0 Å². The summed E-state index contributed by atoms with van der Waals surface area (Å²) in [6.45, 7) is 0. The molecule has 0 aliphatic carbocycles. The number of rotatable bonds is 0. The van der Waals surface area contributed by atoms with Gasteiger partial charge in [0.15, 0.2) is 5.65 Å². The maximum Gasteiger partial charge on any atom is 0.164 e. The van der Waals surface area contributed by atoms with Gasteiger partial charge in [0.25, 0.3) is 0 Å². The third-order valence-electron chi connectivity index (χ3n) is 3.02. The molecule has 0 spiro atoms. The van der Waals surface area contributed by atoms with E-state index in [2.05, 4.69) is 34.4 Å². The van der Waals surface area contributed by atoms with Crippen LogP contribution in [0.1, 0.15) is 0 Å². The zero-order valence-corrected chi connectivity index (χ0v) is 9.04. The van der Waals surface area contributed by atoms with Crippen LogP contribution in [0, 0.1) is 0 Å². The largest absolute Gasteiger partial charge is 0.283 e. The molecule has 0 saturated carbocycles. The van der Waals surface area contributed by atoms with Gasteiger partial charge in [0, 0.05) is 12.4 Å². The molecule has 80 valence electrons. The van der Waals surface area contributed by atoms with Crippen molar-refractivity contribution in [3.8, 4) is 0 Å². The van der Waals surface area contributed by atoms with Crippen LogP contribution >= 0.6 is 0 Å². The van der Waals surface area contributed by atoms with Crippen molar-refractivity contribution in [1.29, 1.82) is 0 Å². The van der Waals surface area contributed by atoms with Gasteiger partial charge >= 0.3 is 0 Å².